The standard InChI is InChI=1S/C5H14P2S2/c6-5(7)4-9-3-1-2-8/h5,8H,1-4,6-7H2. The average Bonchev–Trinajstić information content (AvgIpc) is 1.80. The van der Waals surface area contributed by atoms with Gasteiger partial charge in [0.05, 0.1) is 0 Å². The molecule has 0 bridgehead atoms. The third-order valence-corrected chi connectivity index (χ3v) is 3.43. The van der Waals surface area contributed by atoms with E-state index in [9.17, 15) is 0 Å². The highest BCUT2D eigenvalue weighted by atomic mass is 32.2. The van der Waals surface area contributed by atoms with E-state index in [1.165, 1.54) is 17.9 Å². The highest BCUT2D eigenvalue weighted by molar-refractivity contribution is 7.99. The van der Waals surface area contributed by atoms with Gasteiger partial charge in [0.1, 0.15) is 0 Å². The number of rotatable bonds is 5. The first-order valence-corrected chi connectivity index (χ1v) is 6.09. The Hall–Kier alpha value is 1.56. The molecule has 0 aromatic rings. The molecule has 4 heteroatoms. The van der Waals surface area contributed by atoms with Gasteiger partial charge in [-0.2, -0.15) is 24.4 Å². The minimum Gasteiger partial charge on any atom is -0.179 e. The predicted molar refractivity (Wildman–Crippen MR) is 59.0 cm³/mol. The lowest BCUT2D eigenvalue weighted by Crippen LogP contribution is -1.90. The molecule has 0 spiro atoms. The summed E-state index contributed by atoms with van der Waals surface area (Å²) in [7, 11) is 5.53. The first-order chi connectivity index (χ1) is 4.27. The van der Waals surface area contributed by atoms with Crippen LogP contribution in [0.1, 0.15) is 6.42 Å². The van der Waals surface area contributed by atoms with E-state index in [2.05, 4.69) is 31.1 Å². The second-order valence-corrected chi connectivity index (χ2v) is 5.90. The largest absolute Gasteiger partial charge is 0.179 e. The molecule has 0 rings (SSSR count). The van der Waals surface area contributed by atoms with Crippen molar-refractivity contribution in [3.63, 3.8) is 0 Å². The normalized spacial score (nSPS) is 10.7. The summed E-state index contributed by atoms with van der Waals surface area (Å²) in [5.74, 6) is 3.50. The van der Waals surface area contributed by atoms with Gasteiger partial charge in [0.2, 0.25) is 0 Å². The molecule has 0 nitrogen and oxygen atoms in total. The molecule has 0 N–H and O–H groups in total. The van der Waals surface area contributed by atoms with Crippen molar-refractivity contribution >= 4 is 42.9 Å². The maximum atomic E-state index is 4.12. The summed E-state index contributed by atoms with van der Waals surface area (Å²) in [5, 5.41) is 0.676. The molecule has 2 atom stereocenters. The number of thioether (sulfide) groups is 1. The Morgan fingerprint density at radius 2 is 2.11 bits per heavy atom. The second-order valence-electron chi connectivity index (χ2n) is 1.82. The highest BCUT2D eigenvalue weighted by Crippen LogP contribution is 2.16. The maximum absolute atomic E-state index is 4.12. The summed E-state index contributed by atoms with van der Waals surface area (Å²) in [6.45, 7) is 0. The van der Waals surface area contributed by atoms with Crippen LogP contribution in [-0.4, -0.2) is 22.7 Å². The van der Waals surface area contributed by atoms with E-state index in [1.54, 1.807) is 0 Å². The van der Waals surface area contributed by atoms with Gasteiger partial charge in [-0.3, -0.25) is 0 Å². The van der Waals surface area contributed by atoms with Crippen molar-refractivity contribution in [1.82, 2.24) is 0 Å². The molecular formula is C5H14P2S2. The van der Waals surface area contributed by atoms with Crippen LogP contribution in [0.5, 0.6) is 0 Å². The maximum Gasteiger partial charge on any atom is 0.00300 e. The Labute approximate surface area is 72.1 Å². The van der Waals surface area contributed by atoms with Gasteiger partial charge in [-0.1, -0.05) is 0 Å². The summed E-state index contributed by atoms with van der Waals surface area (Å²) >= 11 is 6.12. The second kappa shape index (κ2) is 7.66. The summed E-state index contributed by atoms with van der Waals surface area (Å²) in [6.07, 6.45) is 1.23. The molecule has 0 heterocycles. The van der Waals surface area contributed by atoms with Crippen molar-refractivity contribution in [2.75, 3.05) is 17.3 Å². The van der Waals surface area contributed by atoms with Crippen LogP contribution in [0.25, 0.3) is 0 Å². The molecule has 0 aromatic carbocycles. The summed E-state index contributed by atoms with van der Waals surface area (Å²) in [4.78, 5) is 0. The minimum absolute atomic E-state index is 0.676. The Bertz CT molecular complexity index is 58.9. The monoisotopic (exact) mass is 200 g/mol. The first-order valence-electron chi connectivity index (χ1n) is 2.97. The van der Waals surface area contributed by atoms with Crippen LogP contribution in [0.4, 0.5) is 0 Å². The van der Waals surface area contributed by atoms with Gasteiger partial charge in [0.25, 0.3) is 0 Å². The molecule has 0 aromatic heterocycles. The lowest BCUT2D eigenvalue weighted by atomic mass is 10.6. The molecule has 0 fully saturated rings. The van der Waals surface area contributed by atoms with Crippen LogP contribution in [0.3, 0.4) is 0 Å². The van der Waals surface area contributed by atoms with E-state index in [1.807, 2.05) is 11.8 Å². The summed E-state index contributed by atoms with van der Waals surface area (Å²) in [6, 6.07) is 0. The van der Waals surface area contributed by atoms with Crippen molar-refractivity contribution in [1.29, 1.82) is 0 Å². The van der Waals surface area contributed by atoms with Gasteiger partial charge < -0.3 is 0 Å². The van der Waals surface area contributed by atoms with E-state index >= 15 is 0 Å². The van der Waals surface area contributed by atoms with Crippen molar-refractivity contribution in [2.24, 2.45) is 0 Å². The van der Waals surface area contributed by atoms with Gasteiger partial charge in [-0.15, -0.1) is 18.5 Å². The van der Waals surface area contributed by atoms with Crippen LogP contribution < -0.4 is 0 Å². The van der Waals surface area contributed by atoms with Crippen molar-refractivity contribution in [3.05, 3.63) is 0 Å². The Kier molecular flexibility index (Phi) is 8.99. The minimum atomic E-state index is 0.676. The highest BCUT2D eigenvalue weighted by Gasteiger charge is 1.92. The number of thiol groups is 1. The van der Waals surface area contributed by atoms with Crippen LogP contribution in [0.2, 0.25) is 0 Å². The van der Waals surface area contributed by atoms with E-state index in [0.717, 1.165) is 5.75 Å². The van der Waals surface area contributed by atoms with Gasteiger partial charge in [0, 0.05) is 5.75 Å². The molecule has 0 aliphatic rings. The molecule has 0 saturated heterocycles. The predicted octanol–water partition coefficient (Wildman–Crippen LogP) is 2.12. The van der Waals surface area contributed by atoms with Crippen LogP contribution in [0.15, 0.2) is 0 Å². The topological polar surface area (TPSA) is 0 Å². The van der Waals surface area contributed by atoms with Crippen LogP contribution in [0, 0.1) is 0 Å². The smallest absolute Gasteiger partial charge is 0.00300 e. The zero-order valence-electron chi connectivity index (χ0n) is 5.42. The van der Waals surface area contributed by atoms with Crippen LogP contribution in [-0.2, 0) is 0 Å². The molecule has 9 heavy (non-hydrogen) atoms. The van der Waals surface area contributed by atoms with Gasteiger partial charge in [0.15, 0.2) is 0 Å². The Morgan fingerprint density at radius 3 is 2.56 bits per heavy atom. The first kappa shape index (κ1) is 10.6. The van der Waals surface area contributed by atoms with Gasteiger partial charge in [-0.05, 0) is 23.3 Å². The lowest BCUT2D eigenvalue weighted by molar-refractivity contribution is 1.13. The number of hydrogen-bond acceptors (Lipinski definition) is 2. The van der Waals surface area contributed by atoms with E-state index in [0.29, 0.717) is 5.40 Å². The summed E-state index contributed by atoms with van der Waals surface area (Å²) < 4.78 is 0. The molecule has 2 unspecified atom stereocenters. The van der Waals surface area contributed by atoms with Crippen LogP contribution >= 0.6 is 42.9 Å². The molecular weight excluding hydrogens is 186 g/mol. The zero-order chi connectivity index (χ0) is 7.11. The quantitative estimate of drug-likeness (QED) is 0.403. The fraction of sp³-hybridized carbons (Fsp3) is 1.00. The van der Waals surface area contributed by atoms with Crippen molar-refractivity contribution < 1.29 is 0 Å². The molecule has 0 radical (unpaired) electrons. The third-order valence-electron chi connectivity index (χ3n) is 0.757. The van der Waals surface area contributed by atoms with E-state index < -0.39 is 0 Å². The molecule has 56 valence electrons. The third kappa shape index (κ3) is 9.56. The van der Waals surface area contributed by atoms with Gasteiger partial charge >= 0.3 is 0 Å². The van der Waals surface area contributed by atoms with E-state index in [4.69, 9.17) is 0 Å². The SMILES string of the molecule is PC(P)CSCCCS. The van der Waals surface area contributed by atoms with Crippen molar-refractivity contribution in [3.8, 4) is 0 Å². The fourth-order valence-corrected chi connectivity index (χ4v) is 2.36. The van der Waals surface area contributed by atoms with Gasteiger partial charge in [-0.25, -0.2) is 0 Å². The molecule has 0 amide bonds. The molecule has 0 aliphatic carbocycles. The zero-order valence-corrected chi connectivity index (χ0v) is 9.44. The molecule has 0 aliphatic heterocycles. The Balaban J connectivity index is 2.75. The molecule has 0 saturated carbocycles. The van der Waals surface area contributed by atoms with Crippen molar-refractivity contribution in [2.45, 2.75) is 11.8 Å². The number of hydrogen-bond donors (Lipinski definition) is 1. The Morgan fingerprint density at radius 1 is 1.44 bits per heavy atom. The lowest BCUT2D eigenvalue weighted by Gasteiger charge is -2.01. The average molecular weight is 200 g/mol. The van der Waals surface area contributed by atoms with E-state index in [-0.39, 0.29) is 0 Å². The summed E-state index contributed by atoms with van der Waals surface area (Å²) in [5.41, 5.74) is 0. The fourth-order valence-electron chi connectivity index (χ4n) is 0.386.